The van der Waals surface area contributed by atoms with Gasteiger partial charge in [0.25, 0.3) is 0 Å². The van der Waals surface area contributed by atoms with Gasteiger partial charge in [-0.1, -0.05) is 12.1 Å². The van der Waals surface area contributed by atoms with Crippen LogP contribution in [0.25, 0.3) is 10.8 Å². The second-order valence-corrected chi connectivity index (χ2v) is 3.75. The molecule has 0 aliphatic carbocycles. The lowest BCUT2D eigenvalue weighted by Gasteiger charge is -1.99. The third-order valence-corrected chi connectivity index (χ3v) is 2.36. The summed E-state index contributed by atoms with van der Waals surface area (Å²) in [7, 11) is 0. The molecule has 0 heterocycles. The van der Waals surface area contributed by atoms with Crippen molar-refractivity contribution in [2.24, 2.45) is 0 Å². The van der Waals surface area contributed by atoms with Crippen LogP contribution in [0.2, 0.25) is 0 Å². The maximum absolute atomic E-state index is 4.27. The van der Waals surface area contributed by atoms with Gasteiger partial charge in [-0.15, -0.1) is 25.3 Å². The largest absolute Gasteiger partial charge is 0.143 e. The van der Waals surface area contributed by atoms with Gasteiger partial charge in [0.2, 0.25) is 0 Å². The Morgan fingerprint density at radius 1 is 0.667 bits per heavy atom. The number of benzene rings is 2. The van der Waals surface area contributed by atoms with Crippen molar-refractivity contribution >= 4 is 36.0 Å². The zero-order chi connectivity index (χ0) is 8.55. The van der Waals surface area contributed by atoms with Gasteiger partial charge in [0, 0.05) is 9.79 Å². The molecule has 0 saturated carbocycles. The Bertz CT molecular complexity index is 384. The SMILES string of the molecule is Sc1ccc2ccc(S)cc2c1. The number of hydrogen-bond acceptors (Lipinski definition) is 2. The third-order valence-electron chi connectivity index (χ3n) is 1.81. The Morgan fingerprint density at radius 2 is 1.17 bits per heavy atom. The summed E-state index contributed by atoms with van der Waals surface area (Å²) in [6.07, 6.45) is 0. The molecule has 2 aromatic carbocycles. The van der Waals surface area contributed by atoms with Crippen LogP contribution in [0.15, 0.2) is 46.2 Å². The fourth-order valence-electron chi connectivity index (χ4n) is 1.22. The fraction of sp³-hybridized carbons (Fsp3) is 0. The summed E-state index contributed by atoms with van der Waals surface area (Å²) in [6.45, 7) is 0. The van der Waals surface area contributed by atoms with E-state index in [1.807, 2.05) is 24.3 Å². The highest BCUT2D eigenvalue weighted by atomic mass is 32.1. The van der Waals surface area contributed by atoms with Crippen molar-refractivity contribution in [1.82, 2.24) is 0 Å². The highest BCUT2D eigenvalue weighted by Gasteiger charge is 1.93. The Morgan fingerprint density at radius 3 is 1.67 bits per heavy atom. The lowest BCUT2D eigenvalue weighted by molar-refractivity contribution is 1.47. The summed E-state index contributed by atoms with van der Waals surface area (Å²) >= 11 is 8.54. The Labute approximate surface area is 82.4 Å². The first-order valence-electron chi connectivity index (χ1n) is 3.67. The molecule has 0 fully saturated rings. The summed E-state index contributed by atoms with van der Waals surface area (Å²) in [6, 6.07) is 12.2. The molecular formula is C10H8S2. The minimum Gasteiger partial charge on any atom is -0.143 e. The van der Waals surface area contributed by atoms with Crippen molar-refractivity contribution in [3.8, 4) is 0 Å². The first-order chi connectivity index (χ1) is 5.75. The second kappa shape index (κ2) is 3.04. The van der Waals surface area contributed by atoms with E-state index in [9.17, 15) is 0 Å². The predicted octanol–water partition coefficient (Wildman–Crippen LogP) is 3.42. The van der Waals surface area contributed by atoms with Gasteiger partial charge in [-0.2, -0.15) is 0 Å². The van der Waals surface area contributed by atoms with E-state index in [4.69, 9.17) is 0 Å². The lowest BCUT2D eigenvalue weighted by Crippen LogP contribution is -1.73. The van der Waals surface area contributed by atoms with Crippen molar-refractivity contribution in [3.05, 3.63) is 36.4 Å². The zero-order valence-corrected chi connectivity index (χ0v) is 8.15. The monoisotopic (exact) mass is 192 g/mol. The van der Waals surface area contributed by atoms with E-state index in [0.29, 0.717) is 0 Å². The molecule has 2 heteroatoms. The van der Waals surface area contributed by atoms with Gasteiger partial charge in [0.05, 0.1) is 0 Å². The number of rotatable bonds is 0. The molecule has 0 amide bonds. The normalized spacial score (nSPS) is 10.5. The van der Waals surface area contributed by atoms with Crippen LogP contribution in [-0.2, 0) is 0 Å². The standard InChI is InChI=1S/C10H8S2/c11-9-3-1-7-2-4-10(12)6-8(7)5-9/h1-6,11-12H. The molecule has 0 nitrogen and oxygen atoms in total. The molecule has 0 aromatic heterocycles. The van der Waals surface area contributed by atoms with Crippen LogP contribution < -0.4 is 0 Å². The summed E-state index contributed by atoms with van der Waals surface area (Å²) in [5.41, 5.74) is 0. The van der Waals surface area contributed by atoms with E-state index < -0.39 is 0 Å². The molecule has 0 aliphatic rings. The van der Waals surface area contributed by atoms with Crippen molar-refractivity contribution in [2.75, 3.05) is 0 Å². The van der Waals surface area contributed by atoms with Gasteiger partial charge in [-0.25, -0.2) is 0 Å². The summed E-state index contributed by atoms with van der Waals surface area (Å²) < 4.78 is 0. The van der Waals surface area contributed by atoms with Crippen molar-refractivity contribution in [2.45, 2.75) is 9.79 Å². The molecule has 0 unspecified atom stereocenters. The van der Waals surface area contributed by atoms with Crippen molar-refractivity contribution in [1.29, 1.82) is 0 Å². The maximum atomic E-state index is 4.27. The number of fused-ring (bicyclic) bond motifs is 1. The third kappa shape index (κ3) is 1.45. The van der Waals surface area contributed by atoms with E-state index in [1.165, 1.54) is 10.8 Å². The summed E-state index contributed by atoms with van der Waals surface area (Å²) in [5.74, 6) is 0. The number of hydrogen-bond donors (Lipinski definition) is 2. The minimum atomic E-state index is 0.987. The zero-order valence-electron chi connectivity index (χ0n) is 6.36. The molecule has 0 aliphatic heterocycles. The molecule has 2 rings (SSSR count). The quantitative estimate of drug-likeness (QED) is 0.587. The van der Waals surface area contributed by atoms with E-state index >= 15 is 0 Å². The first-order valence-corrected chi connectivity index (χ1v) is 4.57. The Hall–Kier alpha value is -0.600. The topological polar surface area (TPSA) is 0 Å². The molecular weight excluding hydrogens is 184 g/mol. The van der Waals surface area contributed by atoms with Gasteiger partial charge in [0.15, 0.2) is 0 Å². The van der Waals surface area contributed by atoms with Crippen LogP contribution in [0.4, 0.5) is 0 Å². The molecule has 0 spiro atoms. The number of thiol groups is 2. The van der Waals surface area contributed by atoms with Crippen molar-refractivity contribution in [3.63, 3.8) is 0 Å². The molecule has 12 heavy (non-hydrogen) atoms. The van der Waals surface area contributed by atoms with E-state index in [0.717, 1.165) is 9.79 Å². The van der Waals surface area contributed by atoms with E-state index in [2.05, 4.69) is 37.4 Å². The minimum absolute atomic E-state index is 0.987. The van der Waals surface area contributed by atoms with Gasteiger partial charge in [-0.05, 0) is 35.0 Å². The lowest BCUT2D eigenvalue weighted by atomic mass is 10.1. The second-order valence-electron chi connectivity index (χ2n) is 2.72. The predicted molar refractivity (Wildman–Crippen MR) is 58.5 cm³/mol. The fourth-order valence-corrected chi connectivity index (χ4v) is 1.65. The van der Waals surface area contributed by atoms with E-state index in [1.54, 1.807) is 0 Å². The first kappa shape index (κ1) is 8.02. The average Bonchev–Trinajstić information content (AvgIpc) is 2.03. The smallest absolute Gasteiger partial charge is 0.00463 e. The van der Waals surface area contributed by atoms with Gasteiger partial charge >= 0.3 is 0 Å². The summed E-state index contributed by atoms with van der Waals surface area (Å²) in [4.78, 5) is 1.97. The van der Waals surface area contributed by atoms with Crippen LogP contribution in [0, 0.1) is 0 Å². The van der Waals surface area contributed by atoms with Gasteiger partial charge in [-0.3, -0.25) is 0 Å². The molecule has 0 radical (unpaired) electrons. The van der Waals surface area contributed by atoms with Crippen LogP contribution >= 0.6 is 25.3 Å². The van der Waals surface area contributed by atoms with Crippen LogP contribution in [0.1, 0.15) is 0 Å². The Kier molecular flexibility index (Phi) is 2.03. The van der Waals surface area contributed by atoms with E-state index in [-0.39, 0.29) is 0 Å². The molecule has 0 bridgehead atoms. The van der Waals surface area contributed by atoms with Crippen LogP contribution in [0.5, 0.6) is 0 Å². The highest BCUT2D eigenvalue weighted by molar-refractivity contribution is 7.80. The summed E-state index contributed by atoms with van der Waals surface area (Å²) in [5, 5.41) is 2.42. The molecule has 60 valence electrons. The van der Waals surface area contributed by atoms with Crippen molar-refractivity contribution < 1.29 is 0 Å². The van der Waals surface area contributed by atoms with Crippen LogP contribution in [-0.4, -0.2) is 0 Å². The van der Waals surface area contributed by atoms with Gasteiger partial charge in [0.1, 0.15) is 0 Å². The molecule has 2 aromatic rings. The maximum Gasteiger partial charge on any atom is 0.00463 e. The molecule has 0 saturated heterocycles. The highest BCUT2D eigenvalue weighted by Crippen LogP contribution is 2.20. The molecule has 0 N–H and O–H groups in total. The average molecular weight is 192 g/mol. The van der Waals surface area contributed by atoms with Crippen LogP contribution in [0.3, 0.4) is 0 Å². The Balaban J connectivity index is 2.80. The van der Waals surface area contributed by atoms with Gasteiger partial charge < -0.3 is 0 Å². The molecule has 0 atom stereocenters.